The number of hydrogen-bond acceptors (Lipinski definition) is 6. The summed E-state index contributed by atoms with van der Waals surface area (Å²) < 4.78 is 53.0. The number of Topliss-reactive ketones (excluding diaryl/α,β-unsaturated/α-hetero) is 1. The molecule has 0 fully saturated rings. The van der Waals surface area contributed by atoms with Gasteiger partial charge in [0.1, 0.15) is 0 Å². The number of sulfonamides is 1. The third-order valence-corrected chi connectivity index (χ3v) is 8.25. The molecule has 162 valence electrons. The van der Waals surface area contributed by atoms with E-state index >= 15 is 0 Å². The van der Waals surface area contributed by atoms with Crippen LogP contribution >= 0.6 is 23.5 Å². The molecule has 0 heterocycles. The topological polar surface area (TPSA) is 98.8 Å². The Bertz CT molecular complexity index is 918. The highest BCUT2D eigenvalue weighted by Gasteiger charge is 2.56. The average Bonchev–Trinajstić information content (AvgIpc) is 2.65. The number of rotatable bonds is 11. The lowest BCUT2D eigenvalue weighted by Crippen LogP contribution is -2.47. The van der Waals surface area contributed by atoms with E-state index in [4.69, 9.17) is 9.05 Å². The van der Waals surface area contributed by atoms with E-state index in [0.717, 1.165) is 19.1 Å². The molecule has 1 aromatic carbocycles. The average molecular weight is 508 g/mol. The number of fused-ring (bicyclic) bond motifs is 1. The zero-order valence-corrected chi connectivity index (χ0v) is 20.1. The van der Waals surface area contributed by atoms with Gasteiger partial charge in [-0.1, -0.05) is 51.0 Å². The molecular formula is C19H27BrNO6PS. The van der Waals surface area contributed by atoms with Crippen LogP contribution in [0.3, 0.4) is 0 Å². The Morgan fingerprint density at radius 2 is 1.66 bits per heavy atom. The lowest BCUT2D eigenvalue weighted by Gasteiger charge is -2.40. The van der Waals surface area contributed by atoms with E-state index in [1.165, 1.54) is 6.08 Å². The van der Waals surface area contributed by atoms with E-state index in [-0.39, 0.29) is 34.6 Å². The Hall–Kier alpha value is -0.830. The van der Waals surface area contributed by atoms with Crippen LogP contribution in [0.4, 0.5) is 0 Å². The SMILES string of the molecule is CCCCOP(=O)(OCCCC)C1(NS(C)(=O)=O)C=C(Br)C(=O)c2ccccc21. The fourth-order valence-electron chi connectivity index (χ4n) is 3.02. The van der Waals surface area contributed by atoms with Crippen molar-refractivity contribution in [3.8, 4) is 0 Å². The number of carbonyl (C=O) groups is 1. The fourth-order valence-corrected chi connectivity index (χ4v) is 7.43. The molecule has 0 saturated heterocycles. The Morgan fingerprint density at radius 3 is 2.17 bits per heavy atom. The number of nitrogens with one attached hydrogen (secondary N) is 1. The summed E-state index contributed by atoms with van der Waals surface area (Å²) in [7, 11) is -8.00. The lowest BCUT2D eigenvalue weighted by atomic mass is 9.92. The molecule has 2 rings (SSSR count). The molecule has 1 atom stereocenters. The number of unbranched alkanes of at least 4 members (excludes halogenated alkanes) is 2. The largest absolute Gasteiger partial charge is 0.360 e. The number of hydrogen-bond donors (Lipinski definition) is 1. The van der Waals surface area contributed by atoms with Crippen LogP contribution in [0, 0.1) is 0 Å². The van der Waals surface area contributed by atoms with Crippen molar-refractivity contribution < 1.29 is 26.8 Å². The number of ketones is 1. The second-order valence-electron chi connectivity index (χ2n) is 6.88. The first-order valence-electron chi connectivity index (χ1n) is 9.51. The van der Waals surface area contributed by atoms with Crippen LogP contribution in [-0.2, 0) is 28.9 Å². The lowest BCUT2D eigenvalue weighted by molar-refractivity contribution is 0.103. The van der Waals surface area contributed by atoms with E-state index in [1.807, 2.05) is 13.8 Å². The van der Waals surface area contributed by atoms with Crippen molar-refractivity contribution in [2.75, 3.05) is 19.5 Å². The molecule has 1 N–H and O–H groups in total. The van der Waals surface area contributed by atoms with Gasteiger partial charge in [-0.2, -0.15) is 4.72 Å². The molecule has 1 aliphatic carbocycles. The number of halogens is 1. The molecular weight excluding hydrogens is 481 g/mol. The van der Waals surface area contributed by atoms with Gasteiger partial charge < -0.3 is 9.05 Å². The summed E-state index contributed by atoms with van der Waals surface area (Å²) in [5.74, 6) is -0.333. The van der Waals surface area contributed by atoms with Crippen molar-refractivity contribution >= 4 is 39.3 Å². The molecule has 1 aliphatic rings. The van der Waals surface area contributed by atoms with Gasteiger partial charge in [0.25, 0.3) is 0 Å². The first kappa shape index (κ1) is 24.4. The molecule has 0 radical (unpaired) electrons. The molecule has 29 heavy (non-hydrogen) atoms. The van der Waals surface area contributed by atoms with Gasteiger partial charge in [0.05, 0.1) is 24.0 Å². The van der Waals surface area contributed by atoms with Gasteiger partial charge in [0, 0.05) is 11.1 Å². The van der Waals surface area contributed by atoms with E-state index < -0.39 is 22.9 Å². The van der Waals surface area contributed by atoms with Gasteiger partial charge in [-0.05, 0) is 34.8 Å². The summed E-state index contributed by atoms with van der Waals surface area (Å²) in [6.45, 7) is 4.19. The zero-order chi connectivity index (χ0) is 21.7. The maximum absolute atomic E-state index is 14.2. The van der Waals surface area contributed by atoms with Crippen LogP contribution in [0.2, 0.25) is 0 Å². The summed E-state index contributed by atoms with van der Waals surface area (Å²) in [4.78, 5) is 12.7. The Labute approximate surface area is 181 Å². The van der Waals surface area contributed by atoms with Gasteiger partial charge in [0.15, 0.2) is 11.1 Å². The Balaban J connectivity index is 2.74. The number of allylic oxidation sites excluding steroid dienone is 1. The molecule has 0 aromatic heterocycles. The quantitative estimate of drug-likeness (QED) is 0.344. The smallest absolute Gasteiger partial charge is 0.307 e. The number of benzene rings is 1. The van der Waals surface area contributed by atoms with E-state index in [0.29, 0.717) is 12.8 Å². The second kappa shape index (κ2) is 9.98. The molecule has 10 heteroatoms. The second-order valence-corrected chi connectivity index (χ2v) is 11.7. The van der Waals surface area contributed by atoms with Crippen molar-refractivity contribution in [2.45, 2.75) is 44.8 Å². The number of carbonyl (C=O) groups excluding carboxylic acids is 1. The van der Waals surface area contributed by atoms with E-state index in [2.05, 4.69) is 20.7 Å². The molecule has 0 bridgehead atoms. The maximum Gasteiger partial charge on any atom is 0.360 e. The third kappa shape index (κ3) is 5.46. The molecule has 1 unspecified atom stereocenters. The predicted molar refractivity (Wildman–Crippen MR) is 117 cm³/mol. The summed E-state index contributed by atoms with van der Waals surface area (Å²) in [5.41, 5.74) is 0.478. The minimum atomic E-state index is -4.13. The Morgan fingerprint density at radius 1 is 1.10 bits per heavy atom. The van der Waals surface area contributed by atoms with Crippen molar-refractivity contribution in [3.63, 3.8) is 0 Å². The fraction of sp³-hybridized carbons (Fsp3) is 0.526. The first-order valence-corrected chi connectivity index (χ1v) is 13.7. The minimum Gasteiger partial charge on any atom is -0.307 e. The maximum atomic E-state index is 14.2. The highest BCUT2D eigenvalue weighted by atomic mass is 79.9. The zero-order valence-electron chi connectivity index (χ0n) is 16.8. The highest BCUT2D eigenvalue weighted by molar-refractivity contribution is 9.12. The van der Waals surface area contributed by atoms with Crippen LogP contribution < -0.4 is 4.72 Å². The summed E-state index contributed by atoms with van der Waals surface area (Å²) in [6.07, 6.45) is 5.13. The summed E-state index contributed by atoms with van der Waals surface area (Å²) in [5, 5.41) is -1.86. The van der Waals surface area contributed by atoms with Gasteiger partial charge in [0.2, 0.25) is 10.0 Å². The third-order valence-electron chi connectivity index (χ3n) is 4.43. The van der Waals surface area contributed by atoms with Gasteiger partial charge >= 0.3 is 7.60 Å². The molecule has 7 nitrogen and oxygen atoms in total. The molecule has 0 amide bonds. The molecule has 0 aliphatic heterocycles. The first-order chi connectivity index (χ1) is 13.6. The normalized spacial score (nSPS) is 19.7. The predicted octanol–water partition coefficient (Wildman–Crippen LogP) is 4.69. The highest BCUT2D eigenvalue weighted by Crippen LogP contribution is 2.66. The molecule has 1 aromatic rings. The Kier molecular flexibility index (Phi) is 8.41. The van der Waals surface area contributed by atoms with Crippen LogP contribution in [0.1, 0.15) is 55.5 Å². The van der Waals surface area contributed by atoms with Crippen molar-refractivity contribution in [1.29, 1.82) is 0 Å². The van der Waals surface area contributed by atoms with Gasteiger partial charge in [-0.3, -0.25) is 9.36 Å². The molecule has 0 spiro atoms. The van der Waals surface area contributed by atoms with Crippen LogP contribution in [0.15, 0.2) is 34.8 Å². The van der Waals surface area contributed by atoms with Crippen LogP contribution in [-0.4, -0.2) is 33.7 Å². The van der Waals surface area contributed by atoms with Gasteiger partial charge in [-0.15, -0.1) is 0 Å². The van der Waals surface area contributed by atoms with E-state index in [1.54, 1.807) is 24.3 Å². The minimum absolute atomic E-state index is 0.0887. The van der Waals surface area contributed by atoms with Crippen molar-refractivity contribution in [1.82, 2.24) is 4.72 Å². The summed E-state index contributed by atoms with van der Waals surface area (Å²) >= 11 is 3.21. The summed E-state index contributed by atoms with van der Waals surface area (Å²) in [6, 6.07) is 6.45. The van der Waals surface area contributed by atoms with Crippen LogP contribution in [0.5, 0.6) is 0 Å². The van der Waals surface area contributed by atoms with Crippen molar-refractivity contribution in [3.05, 3.63) is 46.0 Å². The van der Waals surface area contributed by atoms with Gasteiger partial charge in [-0.25, -0.2) is 8.42 Å². The van der Waals surface area contributed by atoms with E-state index in [9.17, 15) is 17.8 Å². The molecule has 0 saturated carbocycles. The van der Waals surface area contributed by atoms with Crippen LogP contribution in [0.25, 0.3) is 0 Å². The van der Waals surface area contributed by atoms with Crippen molar-refractivity contribution in [2.24, 2.45) is 0 Å². The monoisotopic (exact) mass is 507 g/mol. The standard InChI is InChI=1S/C19H27BrNO6PS/c1-4-6-12-26-28(23,27-13-7-5-2)19(21-29(3,24)25)14-17(20)18(22)15-10-8-9-11-16(15)19/h8-11,14,21H,4-7,12-13H2,1-3H3.